The van der Waals surface area contributed by atoms with Crippen LogP contribution in [-0.2, 0) is 57.1 Å². The minimum atomic E-state index is -1.58. The van der Waals surface area contributed by atoms with Crippen molar-refractivity contribution in [2.24, 2.45) is 16.2 Å². The van der Waals surface area contributed by atoms with Gasteiger partial charge in [-0.3, -0.25) is 14.4 Å². The van der Waals surface area contributed by atoms with Crippen molar-refractivity contribution in [2.45, 2.75) is 67.0 Å². The Labute approximate surface area is 229 Å². The van der Waals surface area contributed by atoms with Gasteiger partial charge in [0.15, 0.2) is 11.6 Å². The van der Waals surface area contributed by atoms with Crippen molar-refractivity contribution in [3.8, 4) is 0 Å². The van der Waals surface area contributed by atoms with E-state index in [9.17, 15) is 19.2 Å². The van der Waals surface area contributed by atoms with E-state index in [2.05, 4.69) is 6.58 Å². The number of hydrogen-bond acceptors (Lipinski definition) is 12. The van der Waals surface area contributed by atoms with Crippen molar-refractivity contribution in [3.63, 3.8) is 0 Å². The second-order valence-electron chi connectivity index (χ2n) is 11.8. The van der Waals surface area contributed by atoms with E-state index in [4.69, 9.17) is 37.9 Å². The first-order valence-electron chi connectivity index (χ1n) is 12.7. The fourth-order valence-electron chi connectivity index (χ4n) is 3.26. The lowest BCUT2D eigenvalue weighted by Gasteiger charge is -2.40. The first kappa shape index (κ1) is 32.7. The quantitative estimate of drug-likeness (QED) is 0.159. The number of esters is 4. The molecule has 222 valence electrons. The number of hydrogen-bond donors (Lipinski definition) is 0. The SMILES string of the molecule is C=C(C)C(=O)OCCOC(=O)C(C)(COC(=O)C1(C)COC(C)(C)OC1)COC(=O)C1(C)COC(C)(C)OC1. The minimum Gasteiger partial charge on any atom is -0.464 e. The van der Waals surface area contributed by atoms with Crippen molar-refractivity contribution in [1.29, 1.82) is 0 Å². The van der Waals surface area contributed by atoms with Crippen LogP contribution >= 0.6 is 0 Å². The van der Waals surface area contributed by atoms with Gasteiger partial charge in [0.05, 0.1) is 26.4 Å². The predicted molar refractivity (Wildman–Crippen MR) is 135 cm³/mol. The molecule has 12 heteroatoms. The summed E-state index contributed by atoms with van der Waals surface area (Å²) in [4.78, 5) is 50.6. The van der Waals surface area contributed by atoms with Crippen LogP contribution in [-0.4, -0.2) is 88.3 Å². The van der Waals surface area contributed by atoms with Crippen LogP contribution in [0.4, 0.5) is 0 Å². The molecule has 0 atom stereocenters. The molecule has 0 spiro atoms. The van der Waals surface area contributed by atoms with Gasteiger partial charge in [0.1, 0.15) is 42.7 Å². The molecule has 2 rings (SSSR count). The van der Waals surface area contributed by atoms with Crippen molar-refractivity contribution in [3.05, 3.63) is 12.2 Å². The summed E-state index contributed by atoms with van der Waals surface area (Å²) in [5, 5.41) is 0. The number of carbonyl (C=O) groups excluding carboxylic acids is 4. The Balaban J connectivity index is 2.06. The van der Waals surface area contributed by atoms with Crippen LogP contribution in [0.15, 0.2) is 12.2 Å². The van der Waals surface area contributed by atoms with Gasteiger partial charge in [-0.15, -0.1) is 0 Å². The van der Waals surface area contributed by atoms with Gasteiger partial charge in [-0.05, 0) is 55.4 Å². The highest BCUT2D eigenvalue weighted by Crippen LogP contribution is 2.33. The summed E-state index contributed by atoms with van der Waals surface area (Å²) in [6.07, 6.45) is 0. The highest BCUT2D eigenvalue weighted by Gasteiger charge is 2.47. The van der Waals surface area contributed by atoms with E-state index in [1.807, 2.05) is 0 Å². The van der Waals surface area contributed by atoms with Crippen molar-refractivity contribution in [2.75, 3.05) is 52.9 Å². The lowest BCUT2D eigenvalue weighted by molar-refractivity contribution is -0.282. The molecule has 0 radical (unpaired) electrons. The molecule has 2 heterocycles. The van der Waals surface area contributed by atoms with Crippen molar-refractivity contribution < 1.29 is 57.1 Å². The number of carbonyl (C=O) groups is 4. The summed E-state index contributed by atoms with van der Waals surface area (Å²) in [6.45, 7) is 15.4. The van der Waals surface area contributed by atoms with Gasteiger partial charge in [0, 0.05) is 5.57 Å². The first-order chi connectivity index (χ1) is 17.8. The van der Waals surface area contributed by atoms with E-state index in [-0.39, 0.29) is 45.2 Å². The van der Waals surface area contributed by atoms with Crippen molar-refractivity contribution >= 4 is 23.9 Å². The maximum absolute atomic E-state index is 13.1. The third kappa shape index (κ3) is 8.99. The zero-order chi connectivity index (χ0) is 29.7. The average molecular weight is 559 g/mol. The zero-order valence-corrected chi connectivity index (χ0v) is 24.3. The molecular formula is C27H42O12. The van der Waals surface area contributed by atoms with Gasteiger partial charge in [-0.2, -0.15) is 0 Å². The molecule has 12 nitrogen and oxygen atoms in total. The normalized spacial score (nSPS) is 21.2. The molecule has 2 saturated heterocycles. The van der Waals surface area contributed by atoms with Gasteiger partial charge >= 0.3 is 23.9 Å². The molecule has 0 amide bonds. The smallest absolute Gasteiger partial charge is 0.333 e. The first-order valence-corrected chi connectivity index (χ1v) is 12.7. The summed E-state index contributed by atoms with van der Waals surface area (Å²) < 4.78 is 43.6. The van der Waals surface area contributed by atoms with E-state index >= 15 is 0 Å². The van der Waals surface area contributed by atoms with Crippen LogP contribution in [0.25, 0.3) is 0 Å². The third-order valence-electron chi connectivity index (χ3n) is 6.37. The summed E-state index contributed by atoms with van der Waals surface area (Å²) in [5.74, 6) is -4.42. The summed E-state index contributed by atoms with van der Waals surface area (Å²) in [6, 6.07) is 0. The fraction of sp³-hybridized carbons (Fsp3) is 0.778. The van der Waals surface area contributed by atoms with Crippen molar-refractivity contribution in [1.82, 2.24) is 0 Å². The molecule has 0 aliphatic carbocycles. The highest BCUT2D eigenvalue weighted by molar-refractivity contribution is 5.87. The van der Waals surface area contributed by atoms with Gasteiger partial charge in [-0.25, -0.2) is 4.79 Å². The van der Waals surface area contributed by atoms with Crippen LogP contribution in [0.3, 0.4) is 0 Å². The monoisotopic (exact) mass is 558 g/mol. The fourth-order valence-corrected chi connectivity index (χ4v) is 3.26. The van der Waals surface area contributed by atoms with E-state index in [1.165, 1.54) is 13.8 Å². The molecule has 0 aromatic carbocycles. The zero-order valence-electron chi connectivity index (χ0n) is 24.3. The highest BCUT2D eigenvalue weighted by atomic mass is 16.7. The number of rotatable bonds is 11. The van der Waals surface area contributed by atoms with Gasteiger partial charge in [0.25, 0.3) is 0 Å². The molecule has 2 aliphatic heterocycles. The Kier molecular flexibility index (Phi) is 10.3. The Bertz CT molecular complexity index is 880. The standard InChI is InChI=1S/C27H42O12/c1-18(2)19(28)32-10-11-33-20(29)25(7,12-34-21(30)26(8)14-36-23(3,4)37-15-26)13-35-22(31)27(9)16-38-24(5,6)39-17-27/h1,10-17H2,2-9H3. The lowest BCUT2D eigenvalue weighted by atomic mass is 9.89. The molecule has 0 bridgehead atoms. The van der Waals surface area contributed by atoms with E-state index in [1.54, 1.807) is 41.5 Å². The molecule has 0 aromatic rings. The molecule has 0 unspecified atom stereocenters. The predicted octanol–water partition coefficient (Wildman–Crippen LogP) is 2.32. The van der Waals surface area contributed by atoms with Crippen LogP contribution in [0.1, 0.15) is 55.4 Å². The molecule has 2 fully saturated rings. The Hall–Kier alpha value is -2.54. The maximum Gasteiger partial charge on any atom is 0.333 e. The van der Waals surface area contributed by atoms with E-state index in [0.717, 1.165) is 0 Å². The van der Waals surface area contributed by atoms with E-state index < -0.39 is 64.9 Å². The Morgan fingerprint density at radius 1 is 0.692 bits per heavy atom. The van der Waals surface area contributed by atoms with Gasteiger partial charge < -0.3 is 37.9 Å². The lowest BCUT2D eigenvalue weighted by Crippen LogP contribution is -2.51. The molecule has 0 N–H and O–H groups in total. The topological polar surface area (TPSA) is 142 Å². The molecule has 39 heavy (non-hydrogen) atoms. The van der Waals surface area contributed by atoms with Crippen LogP contribution in [0.5, 0.6) is 0 Å². The van der Waals surface area contributed by atoms with Crippen LogP contribution < -0.4 is 0 Å². The van der Waals surface area contributed by atoms with Crippen LogP contribution in [0.2, 0.25) is 0 Å². The second kappa shape index (κ2) is 12.3. The third-order valence-corrected chi connectivity index (χ3v) is 6.37. The summed E-state index contributed by atoms with van der Waals surface area (Å²) in [5.41, 5.74) is -3.60. The minimum absolute atomic E-state index is 0.0533. The Morgan fingerprint density at radius 3 is 1.41 bits per heavy atom. The molecule has 2 aliphatic rings. The summed E-state index contributed by atoms with van der Waals surface area (Å²) in [7, 11) is 0. The van der Waals surface area contributed by atoms with Crippen LogP contribution in [0, 0.1) is 16.2 Å². The Morgan fingerprint density at radius 2 is 1.05 bits per heavy atom. The molecule has 0 saturated carbocycles. The largest absolute Gasteiger partial charge is 0.464 e. The van der Waals surface area contributed by atoms with E-state index in [0.29, 0.717) is 0 Å². The van der Waals surface area contributed by atoms with Gasteiger partial charge in [0.2, 0.25) is 0 Å². The average Bonchev–Trinajstić information content (AvgIpc) is 2.87. The number of ether oxygens (including phenoxy) is 8. The second-order valence-corrected chi connectivity index (χ2v) is 11.8. The maximum atomic E-state index is 13.1. The molecular weight excluding hydrogens is 516 g/mol. The molecule has 0 aromatic heterocycles. The van der Waals surface area contributed by atoms with Gasteiger partial charge in [-0.1, -0.05) is 6.58 Å². The summed E-state index contributed by atoms with van der Waals surface area (Å²) >= 11 is 0.